The molecule has 0 aliphatic carbocycles. The van der Waals surface area contributed by atoms with E-state index in [1.54, 1.807) is 0 Å². The summed E-state index contributed by atoms with van der Waals surface area (Å²) in [6.07, 6.45) is -10.3. The number of anilines is 1. The van der Waals surface area contributed by atoms with Gasteiger partial charge >= 0.3 is 12.5 Å². The standard InChI is InChI=1S/C22H11B3BrF7N2O4/c1-9-12(4-7-16(26)34-9)35-19(36)17-14(6-3-11(18(17)27)20(28,29)30)37-13-5-2-10(38-22(31,32)33)8-15(13)39-21(23,24)25/h2-8H,1H3,(H,35,36). The van der Waals surface area contributed by atoms with Crippen molar-refractivity contribution >= 4 is 51.1 Å². The maximum Gasteiger partial charge on any atom is 0.573 e. The van der Waals surface area contributed by atoms with Gasteiger partial charge in [-0.05, 0) is 64.6 Å². The van der Waals surface area contributed by atoms with Crippen molar-refractivity contribution in [1.29, 1.82) is 0 Å². The van der Waals surface area contributed by atoms with E-state index in [9.17, 15) is 31.1 Å². The Bertz CT molecular complexity index is 1400. The lowest BCUT2D eigenvalue weighted by molar-refractivity contribution is -0.274. The molecule has 3 aromatic rings. The van der Waals surface area contributed by atoms with Crippen molar-refractivity contribution in [3.05, 3.63) is 69.7 Å². The number of hydrogen-bond donors (Lipinski definition) is 1. The molecule has 2 aromatic carbocycles. The third-order valence-electron chi connectivity index (χ3n) is 4.59. The van der Waals surface area contributed by atoms with Gasteiger partial charge in [-0.3, -0.25) is 4.79 Å². The Morgan fingerprint density at radius 2 is 1.56 bits per heavy atom. The van der Waals surface area contributed by atoms with E-state index in [2.05, 4.69) is 31.0 Å². The van der Waals surface area contributed by atoms with Crippen LogP contribution in [0, 0.1) is 12.7 Å². The van der Waals surface area contributed by atoms with E-state index in [-0.39, 0.29) is 11.4 Å². The Kier molecular flexibility index (Phi) is 8.53. The lowest BCUT2D eigenvalue weighted by atomic mass is 9.52. The van der Waals surface area contributed by atoms with Crippen LogP contribution in [-0.2, 0) is 6.18 Å². The number of pyridine rings is 1. The molecular formula is C22H11B3BrF7N2O4. The van der Waals surface area contributed by atoms with Crippen LogP contribution in [0.1, 0.15) is 21.6 Å². The normalized spacial score (nSPS) is 12.1. The van der Waals surface area contributed by atoms with E-state index < -0.39 is 63.7 Å². The van der Waals surface area contributed by atoms with Crippen LogP contribution >= 0.6 is 15.9 Å². The Morgan fingerprint density at radius 1 is 0.923 bits per heavy atom. The predicted molar refractivity (Wildman–Crippen MR) is 130 cm³/mol. The number of halogens is 8. The first kappa shape index (κ1) is 30.2. The Labute approximate surface area is 228 Å². The fourth-order valence-electron chi connectivity index (χ4n) is 3.08. The molecule has 0 saturated heterocycles. The number of amides is 1. The van der Waals surface area contributed by atoms with Crippen molar-refractivity contribution in [3.63, 3.8) is 0 Å². The average molecular weight is 613 g/mol. The van der Waals surface area contributed by atoms with Crippen LogP contribution in [0.25, 0.3) is 0 Å². The number of ether oxygens (including phenoxy) is 3. The summed E-state index contributed by atoms with van der Waals surface area (Å²) < 4.78 is 108. The lowest BCUT2D eigenvalue weighted by Crippen LogP contribution is -2.37. The largest absolute Gasteiger partial charge is 0.573 e. The molecular weight excluding hydrogens is 602 g/mol. The summed E-state index contributed by atoms with van der Waals surface area (Å²) in [5.41, 5.74) is -2.73. The molecule has 6 radical (unpaired) electrons. The van der Waals surface area contributed by atoms with Crippen molar-refractivity contribution in [2.24, 2.45) is 0 Å². The number of nitrogens with zero attached hydrogens (tertiary/aromatic N) is 1. The zero-order valence-corrected chi connectivity index (χ0v) is 21.0. The highest BCUT2D eigenvalue weighted by molar-refractivity contribution is 9.10. The van der Waals surface area contributed by atoms with E-state index in [4.69, 9.17) is 33.0 Å². The van der Waals surface area contributed by atoms with Gasteiger partial charge in [-0.15, -0.1) is 13.2 Å². The zero-order chi connectivity index (χ0) is 29.3. The van der Waals surface area contributed by atoms with Crippen molar-refractivity contribution in [2.45, 2.75) is 24.8 Å². The molecule has 0 atom stereocenters. The smallest absolute Gasteiger partial charge is 0.512 e. The van der Waals surface area contributed by atoms with Crippen molar-refractivity contribution in [2.75, 3.05) is 5.32 Å². The predicted octanol–water partition coefficient (Wildman–Crippen LogP) is 5.75. The quantitative estimate of drug-likeness (QED) is 0.209. The lowest BCUT2D eigenvalue weighted by Gasteiger charge is -2.25. The maximum atomic E-state index is 15.2. The van der Waals surface area contributed by atoms with E-state index in [0.29, 0.717) is 22.8 Å². The van der Waals surface area contributed by atoms with Crippen molar-refractivity contribution < 1.29 is 49.7 Å². The van der Waals surface area contributed by atoms with Crippen LogP contribution in [0.3, 0.4) is 0 Å². The highest BCUT2D eigenvalue weighted by Crippen LogP contribution is 2.41. The van der Waals surface area contributed by atoms with Gasteiger partial charge in [0.2, 0.25) is 0 Å². The molecule has 3 rings (SSSR count). The number of rotatable bonds is 7. The third kappa shape index (κ3) is 8.07. The van der Waals surface area contributed by atoms with Crippen LogP contribution in [0.2, 0.25) is 0 Å². The second kappa shape index (κ2) is 11.0. The maximum absolute atomic E-state index is 15.2. The van der Waals surface area contributed by atoms with E-state index in [1.807, 2.05) is 0 Å². The second-order valence-electron chi connectivity index (χ2n) is 7.73. The number of aromatic nitrogens is 1. The molecule has 39 heavy (non-hydrogen) atoms. The third-order valence-corrected chi connectivity index (χ3v) is 5.03. The molecule has 6 nitrogen and oxygen atoms in total. The summed E-state index contributed by atoms with van der Waals surface area (Å²) in [6, 6.07) is 5.83. The summed E-state index contributed by atoms with van der Waals surface area (Å²) in [5, 5.41) is -0.238. The van der Waals surface area contributed by atoms with E-state index >= 15 is 4.39 Å². The van der Waals surface area contributed by atoms with Gasteiger partial charge in [0.25, 0.3) is 5.91 Å². The highest BCUT2D eigenvalue weighted by Gasteiger charge is 2.38. The van der Waals surface area contributed by atoms with Crippen LogP contribution < -0.4 is 19.5 Å². The molecule has 0 fully saturated rings. The molecule has 1 amide bonds. The number of hydrogen-bond acceptors (Lipinski definition) is 5. The van der Waals surface area contributed by atoms with Gasteiger partial charge in [0.05, 0.1) is 16.9 Å². The van der Waals surface area contributed by atoms with E-state index in [0.717, 1.165) is 12.1 Å². The minimum atomic E-state index is -5.20. The molecule has 1 heterocycles. The fourth-order valence-corrected chi connectivity index (χ4v) is 3.48. The summed E-state index contributed by atoms with van der Waals surface area (Å²) in [4.78, 5) is 17.0. The van der Waals surface area contributed by atoms with Crippen LogP contribution in [0.4, 0.5) is 36.4 Å². The topological polar surface area (TPSA) is 69.7 Å². The van der Waals surface area contributed by atoms with Gasteiger partial charge in [-0.25, -0.2) is 9.37 Å². The van der Waals surface area contributed by atoms with Gasteiger partial charge in [0.1, 0.15) is 45.2 Å². The zero-order valence-electron chi connectivity index (χ0n) is 19.4. The first-order valence-corrected chi connectivity index (χ1v) is 11.1. The monoisotopic (exact) mass is 612 g/mol. The molecule has 0 saturated carbocycles. The minimum Gasteiger partial charge on any atom is -0.512 e. The number of carbonyl (C=O) groups excluding carboxylic acids is 1. The molecule has 1 N–H and O–H groups in total. The number of alkyl halides is 6. The molecule has 0 bridgehead atoms. The average Bonchev–Trinajstić information content (AvgIpc) is 2.74. The summed E-state index contributed by atoms with van der Waals surface area (Å²) in [5.74, 6) is -6.25. The summed E-state index contributed by atoms with van der Waals surface area (Å²) in [6.45, 7) is 1.47. The van der Waals surface area contributed by atoms with Crippen molar-refractivity contribution in [1.82, 2.24) is 4.98 Å². The SMILES string of the molecule is [B]C([B])([B])Oc1cc(OC(F)(F)F)ccc1Oc1ccc(C(F)(F)F)c(F)c1C(=O)Nc1ccc(Br)nc1C. The summed E-state index contributed by atoms with van der Waals surface area (Å²) >= 11 is 3.11. The first-order chi connectivity index (χ1) is 17.8. The first-order valence-electron chi connectivity index (χ1n) is 10.3. The molecule has 0 unspecified atom stereocenters. The van der Waals surface area contributed by atoms with Crippen molar-refractivity contribution in [3.8, 4) is 23.0 Å². The van der Waals surface area contributed by atoms with Crippen LogP contribution in [0.5, 0.6) is 23.0 Å². The van der Waals surface area contributed by atoms with Gasteiger partial charge in [-0.1, -0.05) is 0 Å². The van der Waals surface area contributed by atoms with E-state index in [1.165, 1.54) is 19.1 Å². The second-order valence-corrected chi connectivity index (χ2v) is 8.55. The van der Waals surface area contributed by atoms with Gasteiger partial charge in [-0.2, -0.15) is 13.2 Å². The number of benzene rings is 2. The molecule has 0 aliphatic heterocycles. The fraction of sp³-hybridized carbons (Fsp3) is 0.182. The molecule has 1 aromatic heterocycles. The molecule has 198 valence electrons. The summed E-state index contributed by atoms with van der Waals surface area (Å²) in [7, 11) is 16.0. The highest BCUT2D eigenvalue weighted by atomic mass is 79.9. The van der Waals surface area contributed by atoms with Gasteiger partial charge < -0.3 is 19.5 Å². The number of nitrogens with one attached hydrogen (secondary N) is 1. The van der Waals surface area contributed by atoms with Gasteiger partial charge in [0, 0.05) is 6.07 Å². The molecule has 17 heteroatoms. The molecule has 0 aliphatic rings. The van der Waals surface area contributed by atoms with Crippen LogP contribution in [-0.4, -0.2) is 46.1 Å². The van der Waals surface area contributed by atoms with Gasteiger partial charge in [0.15, 0.2) is 17.3 Å². The number of carbonyl (C=O) groups is 1. The Balaban J connectivity index is 2.12. The van der Waals surface area contributed by atoms with Crippen LogP contribution in [0.15, 0.2) is 47.1 Å². The minimum absolute atomic E-state index is 0.0304. The Hall–Kier alpha value is -3.36. The number of aryl methyl sites for hydroxylation is 1. The Morgan fingerprint density at radius 3 is 2.13 bits per heavy atom. The molecule has 0 spiro atoms.